The summed E-state index contributed by atoms with van der Waals surface area (Å²) in [4.78, 5) is 12.1. The summed E-state index contributed by atoms with van der Waals surface area (Å²) in [7, 11) is 0. The number of aromatic nitrogens is 1. The molecule has 3 rings (SSSR count). The first kappa shape index (κ1) is 16.7. The van der Waals surface area contributed by atoms with Crippen LogP contribution < -0.4 is 10.1 Å². The maximum atomic E-state index is 12.9. The van der Waals surface area contributed by atoms with Crippen molar-refractivity contribution < 1.29 is 18.4 Å². The Morgan fingerprint density at radius 2 is 1.92 bits per heavy atom. The molecule has 1 atom stereocenters. The minimum Gasteiger partial charge on any atom is -0.481 e. The molecular weight excluding hydrogens is 323 g/mol. The number of amides is 1. The van der Waals surface area contributed by atoms with E-state index in [-0.39, 0.29) is 18.3 Å². The van der Waals surface area contributed by atoms with E-state index in [0.717, 1.165) is 0 Å². The fraction of sp³-hybridized carbons (Fsp3) is 0.158. The highest BCUT2D eigenvalue weighted by atomic mass is 19.1. The molecule has 1 amide bonds. The third-order valence-electron chi connectivity index (χ3n) is 3.56. The van der Waals surface area contributed by atoms with Crippen LogP contribution in [0.1, 0.15) is 12.6 Å². The summed E-state index contributed by atoms with van der Waals surface area (Å²) in [6.07, 6.45) is -0.633. The smallest absolute Gasteiger partial charge is 0.261 e. The van der Waals surface area contributed by atoms with Crippen molar-refractivity contribution in [2.24, 2.45) is 0 Å². The van der Waals surface area contributed by atoms with Crippen molar-refractivity contribution in [3.8, 4) is 17.1 Å². The van der Waals surface area contributed by atoms with Gasteiger partial charge in [0.15, 0.2) is 11.9 Å². The lowest BCUT2D eigenvalue weighted by Crippen LogP contribution is -2.35. The first-order valence-corrected chi connectivity index (χ1v) is 7.83. The first-order valence-electron chi connectivity index (χ1n) is 7.83. The van der Waals surface area contributed by atoms with Gasteiger partial charge in [-0.1, -0.05) is 23.4 Å². The molecule has 0 radical (unpaired) electrons. The van der Waals surface area contributed by atoms with Crippen molar-refractivity contribution in [2.75, 3.05) is 0 Å². The molecule has 2 aromatic carbocycles. The minimum absolute atomic E-state index is 0.214. The van der Waals surface area contributed by atoms with Gasteiger partial charge < -0.3 is 14.6 Å². The standard InChI is InChI=1S/C19H17FN2O3/c1-13(24-17-5-3-2-4-6-17)19(23)21-12-16-11-18(25-22-16)14-7-9-15(20)10-8-14/h2-11,13H,12H2,1H3,(H,21,23). The fourth-order valence-electron chi connectivity index (χ4n) is 2.22. The number of carbonyl (C=O) groups excluding carboxylic acids is 1. The van der Waals surface area contributed by atoms with Gasteiger partial charge >= 0.3 is 0 Å². The van der Waals surface area contributed by atoms with Crippen LogP contribution in [0.5, 0.6) is 5.75 Å². The average molecular weight is 340 g/mol. The molecule has 1 heterocycles. The summed E-state index contributed by atoms with van der Waals surface area (Å²) in [5, 5.41) is 6.65. The third-order valence-corrected chi connectivity index (χ3v) is 3.56. The Morgan fingerprint density at radius 3 is 2.64 bits per heavy atom. The average Bonchev–Trinajstić information content (AvgIpc) is 3.10. The zero-order chi connectivity index (χ0) is 17.6. The molecule has 1 unspecified atom stereocenters. The largest absolute Gasteiger partial charge is 0.481 e. The van der Waals surface area contributed by atoms with Crippen molar-refractivity contribution >= 4 is 5.91 Å². The Morgan fingerprint density at radius 1 is 1.20 bits per heavy atom. The zero-order valence-corrected chi connectivity index (χ0v) is 13.6. The van der Waals surface area contributed by atoms with E-state index in [0.29, 0.717) is 22.8 Å². The maximum Gasteiger partial charge on any atom is 0.261 e. The van der Waals surface area contributed by atoms with Gasteiger partial charge in [0, 0.05) is 11.6 Å². The zero-order valence-electron chi connectivity index (χ0n) is 13.6. The lowest BCUT2D eigenvalue weighted by atomic mass is 10.1. The molecule has 0 saturated carbocycles. The second-order valence-electron chi connectivity index (χ2n) is 5.48. The maximum absolute atomic E-state index is 12.9. The molecule has 0 bridgehead atoms. The molecule has 0 aliphatic rings. The molecule has 0 aliphatic carbocycles. The van der Waals surface area contributed by atoms with Crippen molar-refractivity contribution in [1.29, 1.82) is 0 Å². The van der Waals surface area contributed by atoms with Gasteiger partial charge in [0.05, 0.1) is 6.54 Å². The summed E-state index contributed by atoms with van der Waals surface area (Å²) < 4.78 is 23.7. The van der Waals surface area contributed by atoms with Crippen LogP contribution in [0.25, 0.3) is 11.3 Å². The quantitative estimate of drug-likeness (QED) is 0.745. The third kappa shape index (κ3) is 4.44. The molecule has 0 fully saturated rings. The first-order chi connectivity index (χ1) is 12.1. The van der Waals surface area contributed by atoms with Crippen LogP contribution in [0.4, 0.5) is 4.39 Å². The Bertz CT molecular complexity index is 831. The molecule has 1 aromatic heterocycles. The normalized spacial score (nSPS) is 11.8. The van der Waals surface area contributed by atoms with Crippen LogP contribution >= 0.6 is 0 Å². The Hall–Kier alpha value is -3.15. The Labute approximate surface area is 144 Å². The second kappa shape index (κ2) is 7.61. The Kier molecular flexibility index (Phi) is 5.09. The van der Waals surface area contributed by atoms with E-state index in [4.69, 9.17) is 9.26 Å². The number of halogens is 1. The van der Waals surface area contributed by atoms with E-state index in [9.17, 15) is 9.18 Å². The molecule has 0 aliphatic heterocycles. The van der Waals surface area contributed by atoms with E-state index < -0.39 is 6.10 Å². The van der Waals surface area contributed by atoms with Gasteiger partial charge in [-0.05, 0) is 43.3 Å². The van der Waals surface area contributed by atoms with Gasteiger partial charge in [0.25, 0.3) is 5.91 Å². The highest BCUT2D eigenvalue weighted by molar-refractivity contribution is 5.80. The molecule has 0 spiro atoms. The van der Waals surface area contributed by atoms with Gasteiger partial charge in [0.2, 0.25) is 0 Å². The highest BCUT2D eigenvalue weighted by Gasteiger charge is 2.15. The van der Waals surface area contributed by atoms with Crippen LogP contribution in [0.15, 0.2) is 65.2 Å². The topological polar surface area (TPSA) is 64.4 Å². The van der Waals surface area contributed by atoms with Crippen LogP contribution in [0, 0.1) is 5.82 Å². The van der Waals surface area contributed by atoms with E-state index in [2.05, 4.69) is 10.5 Å². The van der Waals surface area contributed by atoms with Crippen LogP contribution in [0.2, 0.25) is 0 Å². The van der Waals surface area contributed by atoms with E-state index in [1.165, 1.54) is 12.1 Å². The SMILES string of the molecule is CC(Oc1ccccc1)C(=O)NCc1cc(-c2ccc(F)cc2)on1. The fourth-order valence-corrected chi connectivity index (χ4v) is 2.22. The molecule has 128 valence electrons. The van der Waals surface area contributed by atoms with Crippen LogP contribution in [-0.2, 0) is 11.3 Å². The lowest BCUT2D eigenvalue weighted by Gasteiger charge is -2.13. The predicted molar refractivity (Wildman–Crippen MR) is 90.3 cm³/mol. The molecule has 0 saturated heterocycles. The summed E-state index contributed by atoms with van der Waals surface area (Å²) in [6, 6.07) is 16.7. The van der Waals surface area contributed by atoms with Gasteiger partial charge in [-0.2, -0.15) is 0 Å². The van der Waals surface area contributed by atoms with E-state index in [1.807, 2.05) is 18.2 Å². The number of para-hydroxylation sites is 1. The van der Waals surface area contributed by atoms with E-state index in [1.54, 1.807) is 37.3 Å². The predicted octanol–water partition coefficient (Wildman–Crippen LogP) is 3.56. The number of carbonyl (C=O) groups is 1. The summed E-state index contributed by atoms with van der Waals surface area (Å²) >= 11 is 0. The van der Waals surface area contributed by atoms with E-state index >= 15 is 0 Å². The molecule has 5 nitrogen and oxygen atoms in total. The number of rotatable bonds is 6. The molecule has 6 heteroatoms. The Balaban J connectivity index is 1.54. The second-order valence-corrected chi connectivity index (χ2v) is 5.48. The van der Waals surface area contributed by atoms with Gasteiger partial charge in [-0.25, -0.2) is 4.39 Å². The van der Waals surface area contributed by atoms with Crippen molar-refractivity contribution in [2.45, 2.75) is 19.6 Å². The molecule has 3 aromatic rings. The van der Waals surface area contributed by atoms with Crippen molar-refractivity contribution in [1.82, 2.24) is 10.5 Å². The van der Waals surface area contributed by atoms with Crippen LogP contribution in [-0.4, -0.2) is 17.2 Å². The van der Waals surface area contributed by atoms with Gasteiger partial charge in [-0.15, -0.1) is 0 Å². The summed E-state index contributed by atoms with van der Waals surface area (Å²) in [5.41, 5.74) is 1.28. The lowest BCUT2D eigenvalue weighted by molar-refractivity contribution is -0.127. The monoisotopic (exact) mass is 340 g/mol. The van der Waals surface area contributed by atoms with Gasteiger partial charge in [0.1, 0.15) is 17.3 Å². The van der Waals surface area contributed by atoms with Gasteiger partial charge in [-0.3, -0.25) is 4.79 Å². The van der Waals surface area contributed by atoms with Crippen LogP contribution in [0.3, 0.4) is 0 Å². The number of nitrogens with one attached hydrogen (secondary N) is 1. The summed E-state index contributed by atoms with van der Waals surface area (Å²) in [6.45, 7) is 1.89. The minimum atomic E-state index is -0.633. The molecule has 1 N–H and O–H groups in total. The number of hydrogen-bond donors (Lipinski definition) is 1. The van der Waals surface area contributed by atoms with Crippen molar-refractivity contribution in [3.05, 3.63) is 72.2 Å². The number of hydrogen-bond acceptors (Lipinski definition) is 4. The number of nitrogens with zero attached hydrogens (tertiary/aromatic N) is 1. The summed E-state index contributed by atoms with van der Waals surface area (Å²) in [5.74, 6) is 0.571. The van der Waals surface area contributed by atoms with Crippen molar-refractivity contribution in [3.63, 3.8) is 0 Å². The molecule has 25 heavy (non-hydrogen) atoms. The highest BCUT2D eigenvalue weighted by Crippen LogP contribution is 2.20. The molecular formula is C19H17FN2O3. The number of benzene rings is 2. The number of ether oxygens (including phenoxy) is 1.